The van der Waals surface area contributed by atoms with Gasteiger partial charge < -0.3 is 20.8 Å². The van der Waals surface area contributed by atoms with E-state index >= 15 is 0 Å². The molecule has 1 aromatic carbocycles. The fourth-order valence-electron chi connectivity index (χ4n) is 1.44. The molecule has 0 fully saturated rings. The van der Waals surface area contributed by atoms with Gasteiger partial charge in [0.1, 0.15) is 11.3 Å². The molecule has 8 heteroatoms. The minimum atomic E-state index is -1.24. The molecular formula is C12H16N2O5S. The van der Waals surface area contributed by atoms with Crippen molar-refractivity contribution in [1.82, 2.24) is 5.32 Å². The van der Waals surface area contributed by atoms with Crippen LogP contribution in [-0.4, -0.2) is 45.0 Å². The Morgan fingerprint density at radius 2 is 2.05 bits per heavy atom. The van der Waals surface area contributed by atoms with Crippen molar-refractivity contribution >= 4 is 28.5 Å². The summed E-state index contributed by atoms with van der Waals surface area (Å²) in [4.78, 5) is 22.2. The highest BCUT2D eigenvalue weighted by Gasteiger charge is 2.10. The van der Waals surface area contributed by atoms with Gasteiger partial charge in [0.05, 0.1) is 0 Å². The van der Waals surface area contributed by atoms with Crippen LogP contribution in [0, 0.1) is 0 Å². The molecule has 20 heavy (non-hydrogen) atoms. The zero-order valence-corrected chi connectivity index (χ0v) is 11.7. The van der Waals surface area contributed by atoms with E-state index in [-0.39, 0.29) is 11.3 Å². The second kappa shape index (κ2) is 7.49. The maximum absolute atomic E-state index is 11.5. The number of rotatable bonds is 6. The Morgan fingerprint density at radius 1 is 1.35 bits per heavy atom. The molecule has 0 radical (unpaired) electrons. The molecule has 0 aliphatic rings. The lowest BCUT2D eigenvalue weighted by atomic mass is 10.2. The lowest BCUT2D eigenvalue weighted by Gasteiger charge is -2.08. The number of nitrogens with one attached hydrogen (secondary N) is 2. The van der Waals surface area contributed by atoms with Crippen LogP contribution in [0.3, 0.4) is 0 Å². The maximum Gasteiger partial charge on any atom is 0.339 e. The Morgan fingerprint density at radius 3 is 2.60 bits per heavy atom. The predicted octanol–water partition coefficient (Wildman–Crippen LogP) is 0.980. The maximum atomic E-state index is 11.5. The van der Waals surface area contributed by atoms with Gasteiger partial charge in [-0.05, 0) is 18.6 Å². The Hall–Kier alpha value is -2.09. The van der Waals surface area contributed by atoms with Crippen molar-refractivity contribution in [2.75, 3.05) is 23.9 Å². The van der Waals surface area contributed by atoms with E-state index < -0.39 is 28.5 Å². The number of phenols is 1. The molecule has 2 amide bonds. The number of hydrogen-bond acceptors (Lipinski definition) is 4. The lowest BCUT2D eigenvalue weighted by Crippen LogP contribution is -2.30. The molecule has 1 rings (SSSR count). The van der Waals surface area contributed by atoms with Crippen LogP contribution in [0.2, 0.25) is 0 Å². The molecule has 1 atom stereocenters. The topological polar surface area (TPSA) is 116 Å². The lowest BCUT2D eigenvalue weighted by molar-refractivity contribution is 0.0694. The first-order chi connectivity index (χ1) is 9.40. The fraction of sp³-hybridized carbons (Fsp3) is 0.333. The number of anilines is 1. The number of urea groups is 1. The van der Waals surface area contributed by atoms with E-state index in [4.69, 9.17) is 5.11 Å². The third-order valence-electron chi connectivity index (χ3n) is 2.38. The molecule has 1 unspecified atom stereocenters. The summed E-state index contributed by atoms with van der Waals surface area (Å²) in [6.45, 7) is 0.380. The van der Waals surface area contributed by atoms with E-state index in [0.29, 0.717) is 18.7 Å². The van der Waals surface area contributed by atoms with E-state index in [0.717, 1.165) is 6.07 Å². The van der Waals surface area contributed by atoms with Gasteiger partial charge in [-0.3, -0.25) is 4.21 Å². The van der Waals surface area contributed by atoms with Crippen LogP contribution in [0.5, 0.6) is 5.75 Å². The predicted molar refractivity (Wildman–Crippen MR) is 75.6 cm³/mol. The molecule has 0 heterocycles. The quantitative estimate of drug-likeness (QED) is 0.584. The Bertz CT molecular complexity index is 533. The van der Waals surface area contributed by atoms with Crippen molar-refractivity contribution in [1.29, 1.82) is 0 Å². The third kappa shape index (κ3) is 5.27. The standard InChI is InChI=1S/C12H16N2O5S/c1-20(19)6-2-5-13-12(18)14-8-3-4-9(11(16)17)10(15)7-8/h3-4,7,15H,2,5-6H2,1H3,(H,16,17)(H2,13,14,18). The molecule has 0 aliphatic carbocycles. The Balaban J connectivity index is 2.48. The normalized spacial score (nSPS) is 11.7. The first-order valence-corrected chi connectivity index (χ1v) is 7.54. The van der Waals surface area contributed by atoms with Crippen LogP contribution in [-0.2, 0) is 10.8 Å². The van der Waals surface area contributed by atoms with Gasteiger partial charge in [-0.1, -0.05) is 0 Å². The summed E-state index contributed by atoms with van der Waals surface area (Å²) in [6.07, 6.45) is 2.19. The minimum absolute atomic E-state index is 0.235. The van der Waals surface area contributed by atoms with Gasteiger partial charge in [0.2, 0.25) is 0 Å². The van der Waals surface area contributed by atoms with Crippen LogP contribution in [0.15, 0.2) is 18.2 Å². The molecule has 0 saturated heterocycles. The van der Waals surface area contributed by atoms with Gasteiger partial charge in [-0.25, -0.2) is 9.59 Å². The Labute approximate surface area is 118 Å². The number of carbonyl (C=O) groups is 2. The number of carboxylic acids is 1. The van der Waals surface area contributed by atoms with Crippen molar-refractivity contribution in [3.8, 4) is 5.75 Å². The molecule has 7 nitrogen and oxygen atoms in total. The minimum Gasteiger partial charge on any atom is -0.507 e. The van der Waals surface area contributed by atoms with Crippen LogP contribution in [0.25, 0.3) is 0 Å². The van der Waals surface area contributed by atoms with Gasteiger partial charge in [-0.15, -0.1) is 0 Å². The molecule has 0 spiro atoms. The summed E-state index contributed by atoms with van der Waals surface area (Å²) < 4.78 is 10.8. The molecule has 0 aromatic heterocycles. The number of carbonyl (C=O) groups excluding carboxylic acids is 1. The van der Waals surface area contributed by atoms with Crippen molar-refractivity contribution < 1.29 is 24.0 Å². The zero-order chi connectivity index (χ0) is 15.1. The average Bonchev–Trinajstić information content (AvgIpc) is 2.34. The van der Waals surface area contributed by atoms with Crippen LogP contribution in [0.4, 0.5) is 10.5 Å². The van der Waals surface area contributed by atoms with E-state index in [1.54, 1.807) is 6.26 Å². The highest BCUT2D eigenvalue weighted by molar-refractivity contribution is 7.84. The second-order valence-electron chi connectivity index (χ2n) is 4.05. The molecular weight excluding hydrogens is 284 g/mol. The molecule has 0 saturated carbocycles. The van der Waals surface area contributed by atoms with E-state index in [1.807, 2.05) is 0 Å². The summed E-state index contributed by atoms with van der Waals surface area (Å²) in [7, 11) is -0.889. The van der Waals surface area contributed by atoms with Crippen LogP contribution < -0.4 is 10.6 Å². The fourth-order valence-corrected chi connectivity index (χ4v) is 1.99. The first-order valence-electron chi connectivity index (χ1n) is 5.81. The molecule has 0 aliphatic heterocycles. The summed E-state index contributed by atoms with van der Waals surface area (Å²) >= 11 is 0. The summed E-state index contributed by atoms with van der Waals surface area (Å²) in [6, 6.07) is 3.26. The van der Waals surface area contributed by atoms with Crippen LogP contribution in [0.1, 0.15) is 16.8 Å². The average molecular weight is 300 g/mol. The molecule has 0 bridgehead atoms. The summed E-state index contributed by atoms with van der Waals surface area (Å²) in [5.74, 6) is -1.16. The van der Waals surface area contributed by atoms with E-state index in [9.17, 15) is 18.9 Å². The molecule has 1 aromatic rings. The number of aromatic hydroxyl groups is 1. The van der Waals surface area contributed by atoms with Gasteiger partial charge in [0.15, 0.2) is 0 Å². The van der Waals surface area contributed by atoms with Crippen molar-refractivity contribution in [2.24, 2.45) is 0 Å². The second-order valence-corrected chi connectivity index (χ2v) is 5.60. The zero-order valence-electron chi connectivity index (χ0n) is 10.9. The van der Waals surface area contributed by atoms with E-state index in [2.05, 4.69) is 10.6 Å². The SMILES string of the molecule is CS(=O)CCCNC(=O)Nc1ccc(C(=O)O)c(O)c1. The highest BCUT2D eigenvalue weighted by Crippen LogP contribution is 2.21. The Kier molecular flexibility index (Phi) is 5.98. The summed E-state index contributed by atoms with van der Waals surface area (Å²) in [5.41, 5.74) is 0.0467. The monoisotopic (exact) mass is 300 g/mol. The van der Waals surface area contributed by atoms with Crippen molar-refractivity contribution in [3.05, 3.63) is 23.8 Å². The largest absolute Gasteiger partial charge is 0.507 e. The van der Waals surface area contributed by atoms with Gasteiger partial charge in [0.25, 0.3) is 0 Å². The molecule has 110 valence electrons. The van der Waals surface area contributed by atoms with Gasteiger partial charge in [0, 0.05) is 41.1 Å². The number of amides is 2. The summed E-state index contributed by atoms with van der Waals surface area (Å²) in [5, 5.41) is 23.2. The van der Waals surface area contributed by atoms with Crippen molar-refractivity contribution in [3.63, 3.8) is 0 Å². The first kappa shape index (κ1) is 16.0. The molecule has 4 N–H and O–H groups in total. The van der Waals surface area contributed by atoms with Crippen molar-refractivity contribution in [2.45, 2.75) is 6.42 Å². The van der Waals surface area contributed by atoms with Gasteiger partial charge in [-0.2, -0.15) is 0 Å². The smallest absolute Gasteiger partial charge is 0.339 e. The third-order valence-corrected chi connectivity index (χ3v) is 3.24. The van der Waals surface area contributed by atoms with Gasteiger partial charge >= 0.3 is 12.0 Å². The van der Waals surface area contributed by atoms with E-state index in [1.165, 1.54) is 12.1 Å². The number of benzene rings is 1. The highest BCUT2D eigenvalue weighted by atomic mass is 32.2. The number of aromatic carboxylic acids is 1. The number of carboxylic acid groups (broad SMARTS) is 1. The number of hydrogen-bond donors (Lipinski definition) is 4. The van der Waals surface area contributed by atoms with Crippen LogP contribution >= 0.6 is 0 Å².